The zero-order chi connectivity index (χ0) is 9.68. The first-order valence-corrected chi connectivity index (χ1v) is 6.19. The second-order valence-corrected chi connectivity index (χ2v) is 5.41. The van der Waals surface area contributed by atoms with Gasteiger partial charge in [0, 0.05) is 17.5 Å². The van der Waals surface area contributed by atoms with Crippen LogP contribution in [0.4, 0.5) is 0 Å². The van der Waals surface area contributed by atoms with E-state index in [0.717, 1.165) is 18.7 Å². The Bertz CT molecular complexity index is 141. The van der Waals surface area contributed by atoms with Gasteiger partial charge in [0.25, 0.3) is 0 Å². The van der Waals surface area contributed by atoms with Crippen molar-refractivity contribution >= 4 is 11.8 Å². The molecule has 0 amide bonds. The lowest BCUT2D eigenvalue weighted by Crippen LogP contribution is -2.28. The highest BCUT2D eigenvalue weighted by molar-refractivity contribution is 7.99. The Morgan fingerprint density at radius 1 is 1.31 bits per heavy atom. The Hall–Kier alpha value is 0.270. The summed E-state index contributed by atoms with van der Waals surface area (Å²) in [5, 5.41) is 10.2. The van der Waals surface area contributed by atoms with Crippen LogP contribution < -0.4 is 0 Å². The van der Waals surface area contributed by atoms with Crippen LogP contribution in [0.1, 0.15) is 25.7 Å². The number of aliphatic hydroxyl groups excluding tert-OH is 1. The van der Waals surface area contributed by atoms with E-state index in [9.17, 15) is 5.11 Å². The van der Waals surface area contributed by atoms with E-state index >= 15 is 0 Å². The van der Waals surface area contributed by atoms with Gasteiger partial charge in [-0.1, -0.05) is 12.8 Å². The molecule has 0 heterocycles. The molecule has 0 bridgehead atoms. The highest BCUT2D eigenvalue weighted by Crippen LogP contribution is 2.28. The van der Waals surface area contributed by atoms with E-state index < -0.39 is 0 Å². The second kappa shape index (κ2) is 5.89. The normalized spacial score (nSPS) is 29.5. The standard InChI is InChI=1S/C10H21NOS/c1-11(2)7-8-13-10-6-4-3-5-9(10)12/h9-10,12H,3-8H2,1-2H3/t9-,10-/m1/s1. The first-order valence-electron chi connectivity index (χ1n) is 5.14. The van der Waals surface area contributed by atoms with Gasteiger partial charge in [-0.15, -0.1) is 0 Å². The molecule has 13 heavy (non-hydrogen) atoms. The molecule has 2 atom stereocenters. The van der Waals surface area contributed by atoms with Crippen LogP contribution in [0.15, 0.2) is 0 Å². The Labute approximate surface area is 85.7 Å². The summed E-state index contributed by atoms with van der Waals surface area (Å²) in [6, 6.07) is 0. The average molecular weight is 203 g/mol. The van der Waals surface area contributed by atoms with Gasteiger partial charge in [-0.25, -0.2) is 0 Å². The zero-order valence-electron chi connectivity index (χ0n) is 8.70. The van der Waals surface area contributed by atoms with Crippen molar-refractivity contribution in [3.8, 4) is 0 Å². The summed E-state index contributed by atoms with van der Waals surface area (Å²) in [4.78, 5) is 2.20. The predicted octanol–water partition coefficient (Wildman–Crippen LogP) is 1.58. The summed E-state index contributed by atoms with van der Waals surface area (Å²) in [5.41, 5.74) is 0. The van der Waals surface area contributed by atoms with Gasteiger partial charge >= 0.3 is 0 Å². The molecule has 1 fully saturated rings. The lowest BCUT2D eigenvalue weighted by Gasteiger charge is -2.27. The molecule has 0 aromatic rings. The molecule has 0 spiro atoms. The van der Waals surface area contributed by atoms with Crippen molar-refractivity contribution < 1.29 is 5.11 Å². The molecule has 0 unspecified atom stereocenters. The Morgan fingerprint density at radius 2 is 2.00 bits per heavy atom. The van der Waals surface area contributed by atoms with E-state index in [4.69, 9.17) is 0 Å². The fourth-order valence-electron chi connectivity index (χ4n) is 1.66. The third-order valence-electron chi connectivity index (χ3n) is 2.54. The summed E-state index contributed by atoms with van der Waals surface area (Å²) in [6.07, 6.45) is 4.70. The monoisotopic (exact) mass is 203 g/mol. The first kappa shape index (κ1) is 11.3. The summed E-state index contributed by atoms with van der Waals surface area (Å²) in [7, 11) is 4.19. The molecule has 1 rings (SSSR count). The van der Waals surface area contributed by atoms with Gasteiger partial charge in [0.15, 0.2) is 0 Å². The maximum atomic E-state index is 9.70. The predicted molar refractivity (Wildman–Crippen MR) is 59.3 cm³/mol. The molecular formula is C10H21NOS. The number of hydrogen-bond donors (Lipinski definition) is 1. The fraction of sp³-hybridized carbons (Fsp3) is 1.00. The molecule has 78 valence electrons. The van der Waals surface area contributed by atoms with Crippen LogP contribution in [-0.2, 0) is 0 Å². The number of thioether (sulfide) groups is 1. The van der Waals surface area contributed by atoms with E-state index in [1.165, 1.54) is 19.3 Å². The topological polar surface area (TPSA) is 23.5 Å². The van der Waals surface area contributed by atoms with Crippen molar-refractivity contribution in [1.82, 2.24) is 4.90 Å². The van der Waals surface area contributed by atoms with Crippen molar-refractivity contribution in [3.05, 3.63) is 0 Å². The van der Waals surface area contributed by atoms with Gasteiger partial charge in [0.05, 0.1) is 6.10 Å². The van der Waals surface area contributed by atoms with E-state index in [0.29, 0.717) is 5.25 Å². The van der Waals surface area contributed by atoms with Crippen molar-refractivity contribution in [2.24, 2.45) is 0 Å². The van der Waals surface area contributed by atoms with Crippen molar-refractivity contribution in [2.45, 2.75) is 37.0 Å². The minimum absolute atomic E-state index is 0.0408. The molecule has 0 aliphatic heterocycles. The molecule has 1 N–H and O–H groups in total. The van der Waals surface area contributed by atoms with Gasteiger partial charge in [0.1, 0.15) is 0 Å². The number of hydrogen-bond acceptors (Lipinski definition) is 3. The zero-order valence-corrected chi connectivity index (χ0v) is 9.52. The highest BCUT2D eigenvalue weighted by Gasteiger charge is 2.22. The van der Waals surface area contributed by atoms with Crippen LogP contribution in [0.2, 0.25) is 0 Å². The summed E-state index contributed by atoms with van der Waals surface area (Å²) >= 11 is 1.94. The quantitative estimate of drug-likeness (QED) is 0.750. The largest absolute Gasteiger partial charge is 0.392 e. The van der Waals surface area contributed by atoms with Crippen molar-refractivity contribution in [2.75, 3.05) is 26.4 Å². The number of rotatable bonds is 4. The Kier molecular flexibility index (Phi) is 5.14. The van der Waals surface area contributed by atoms with E-state index in [-0.39, 0.29) is 6.10 Å². The van der Waals surface area contributed by atoms with Gasteiger partial charge < -0.3 is 10.0 Å². The lowest BCUT2D eigenvalue weighted by atomic mass is 9.97. The molecule has 1 aliphatic carbocycles. The highest BCUT2D eigenvalue weighted by atomic mass is 32.2. The minimum Gasteiger partial charge on any atom is -0.392 e. The average Bonchev–Trinajstić information content (AvgIpc) is 2.08. The Morgan fingerprint density at radius 3 is 2.62 bits per heavy atom. The molecule has 3 heteroatoms. The molecule has 0 aromatic carbocycles. The molecule has 0 saturated heterocycles. The SMILES string of the molecule is CN(C)CCS[C@@H]1CCCC[C@H]1O. The van der Waals surface area contributed by atoms with Gasteiger partial charge in [-0.3, -0.25) is 0 Å². The van der Waals surface area contributed by atoms with Crippen LogP contribution >= 0.6 is 11.8 Å². The molecular weight excluding hydrogens is 182 g/mol. The number of aliphatic hydroxyl groups is 1. The third-order valence-corrected chi connectivity index (χ3v) is 3.93. The van der Waals surface area contributed by atoms with E-state index in [1.54, 1.807) is 0 Å². The maximum Gasteiger partial charge on any atom is 0.0658 e. The third kappa shape index (κ3) is 4.34. The number of nitrogens with zero attached hydrogens (tertiary/aromatic N) is 1. The molecule has 1 aliphatic rings. The molecule has 1 saturated carbocycles. The van der Waals surface area contributed by atoms with Gasteiger partial charge in [-0.2, -0.15) is 11.8 Å². The van der Waals surface area contributed by atoms with Gasteiger partial charge in [-0.05, 0) is 26.9 Å². The molecule has 0 aromatic heterocycles. The maximum absolute atomic E-state index is 9.70. The minimum atomic E-state index is -0.0408. The summed E-state index contributed by atoms with van der Waals surface area (Å²) in [5.74, 6) is 1.15. The van der Waals surface area contributed by atoms with Crippen LogP contribution in [-0.4, -0.2) is 47.8 Å². The summed E-state index contributed by atoms with van der Waals surface area (Å²) < 4.78 is 0. The second-order valence-electron chi connectivity index (χ2n) is 4.06. The first-order chi connectivity index (χ1) is 6.20. The fourth-order valence-corrected chi connectivity index (χ4v) is 3.12. The van der Waals surface area contributed by atoms with Crippen molar-refractivity contribution in [1.29, 1.82) is 0 Å². The summed E-state index contributed by atoms with van der Waals surface area (Å²) in [6.45, 7) is 1.12. The molecule has 0 radical (unpaired) electrons. The Balaban J connectivity index is 2.11. The van der Waals surface area contributed by atoms with Crippen LogP contribution in [0, 0.1) is 0 Å². The van der Waals surface area contributed by atoms with Crippen LogP contribution in [0.3, 0.4) is 0 Å². The lowest BCUT2D eigenvalue weighted by molar-refractivity contribution is 0.137. The van der Waals surface area contributed by atoms with Crippen LogP contribution in [0.25, 0.3) is 0 Å². The van der Waals surface area contributed by atoms with E-state index in [2.05, 4.69) is 19.0 Å². The van der Waals surface area contributed by atoms with Gasteiger partial charge in [0.2, 0.25) is 0 Å². The van der Waals surface area contributed by atoms with Crippen LogP contribution in [0.5, 0.6) is 0 Å². The van der Waals surface area contributed by atoms with E-state index in [1.807, 2.05) is 11.8 Å². The smallest absolute Gasteiger partial charge is 0.0658 e. The van der Waals surface area contributed by atoms with Crippen molar-refractivity contribution in [3.63, 3.8) is 0 Å². The molecule has 2 nitrogen and oxygen atoms in total.